The van der Waals surface area contributed by atoms with Crippen LogP contribution in [-0.4, -0.2) is 56.6 Å². The van der Waals surface area contributed by atoms with Crippen LogP contribution < -0.4 is 9.64 Å². The smallest absolute Gasteiger partial charge is 0.345 e. The predicted molar refractivity (Wildman–Crippen MR) is 166 cm³/mol. The van der Waals surface area contributed by atoms with Crippen molar-refractivity contribution in [3.8, 4) is 17.0 Å². The number of sulfone groups is 1. The second-order valence-corrected chi connectivity index (χ2v) is 14.3. The third-order valence-corrected chi connectivity index (χ3v) is 10.7. The Morgan fingerprint density at radius 1 is 1.05 bits per heavy atom. The molecule has 2 aromatic heterocycles. The van der Waals surface area contributed by atoms with E-state index in [1.165, 1.54) is 42.4 Å². The SMILES string of the molecule is Cn1c(-c2ccc(OCc3cc(S(C)(=O)=O)ccc3N3CCOCC3)cc2)c(C2CCCCC2)c2sc(C(=O)O)cc21. The van der Waals surface area contributed by atoms with E-state index in [0.29, 0.717) is 29.8 Å². The van der Waals surface area contributed by atoms with Gasteiger partial charge in [-0.25, -0.2) is 13.2 Å². The van der Waals surface area contributed by atoms with E-state index >= 15 is 0 Å². The number of ether oxygens (including phenoxy) is 2. The van der Waals surface area contributed by atoms with Crippen LogP contribution in [0.4, 0.5) is 5.69 Å². The molecule has 0 bridgehead atoms. The van der Waals surface area contributed by atoms with Crippen molar-refractivity contribution in [3.05, 3.63) is 64.5 Å². The Bertz CT molecular complexity index is 1710. The van der Waals surface area contributed by atoms with E-state index in [-0.39, 0.29) is 11.5 Å². The molecule has 1 aliphatic carbocycles. The van der Waals surface area contributed by atoms with Crippen molar-refractivity contribution >= 4 is 43.0 Å². The van der Waals surface area contributed by atoms with Gasteiger partial charge in [-0.1, -0.05) is 19.3 Å². The van der Waals surface area contributed by atoms with Crippen LogP contribution in [0.2, 0.25) is 0 Å². The highest BCUT2D eigenvalue weighted by atomic mass is 32.2. The van der Waals surface area contributed by atoms with E-state index < -0.39 is 15.8 Å². The monoisotopic (exact) mass is 608 g/mol. The van der Waals surface area contributed by atoms with Gasteiger partial charge in [-0.15, -0.1) is 11.3 Å². The topological polar surface area (TPSA) is 98.1 Å². The zero-order valence-corrected chi connectivity index (χ0v) is 25.6. The molecule has 2 aromatic carbocycles. The molecule has 222 valence electrons. The van der Waals surface area contributed by atoms with Crippen molar-refractivity contribution in [3.63, 3.8) is 0 Å². The summed E-state index contributed by atoms with van der Waals surface area (Å²) < 4.78 is 39.5. The number of nitrogens with zero attached hydrogens (tertiary/aromatic N) is 2. The van der Waals surface area contributed by atoms with Crippen molar-refractivity contribution in [1.82, 2.24) is 4.57 Å². The molecule has 1 aliphatic heterocycles. The lowest BCUT2D eigenvalue weighted by Crippen LogP contribution is -2.36. The summed E-state index contributed by atoms with van der Waals surface area (Å²) in [6.45, 7) is 2.98. The number of benzene rings is 2. The summed E-state index contributed by atoms with van der Waals surface area (Å²) in [6, 6.07) is 15.1. The van der Waals surface area contributed by atoms with Gasteiger partial charge >= 0.3 is 5.97 Å². The Hall–Kier alpha value is -3.34. The predicted octanol–water partition coefficient (Wildman–Crippen LogP) is 6.47. The number of hydrogen-bond acceptors (Lipinski definition) is 7. The molecule has 2 aliphatic rings. The Morgan fingerprint density at radius 2 is 1.76 bits per heavy atom. The van der Waals surface area contributed by atoms with Gasteiger partial charge < -0.3 is 24.0 Å². The molecule has 8 nitrogen and oxygen atoms in total. The van der Waals surface area contributed by atoms with E-state index in [9.17, 15) is 18.3 Å². The Morgan fingerprint density at radius 3 is 2.43 bits per heavy atom. The van der Waals surface area contributed by atoms with Gasteiger partial charge in [-0.05, 0) is 78.4 Å². The summed E-state index contributed by atoms with van der Waals surface area (Å²) in [5, 5.41) is 9.64. The molecular formula is C32H36N2O6S2. The number of rotatable bonds is 8. The van der Waals surface area contributed by atoms with Gasteiger partial charge in [0.1, 0.15) is 17.2 Å². The molecule has 10 heteroatoms. The minimum atomic E-state index is -3.36. The highest BCUT2D eigenvalue weighted by molar-refractivity contribution is 7.90. The first kappa shape index (κ1) is 28.8. The maximum absolute atomic E-state index is 12.3. The van der Waals surface area contributed by atoms with Gasteiger partial charge in [0, 0.05) is 37.6 Å². The van der Waals surface area contributed by atoms with Crippen LogP contribution in [0.5, 0.6) is 5.75 Å². The fourth-order valence-corrected chi connectivity index (χ4v) is 8.17. The number of carboxylic acids is 1. The highest BCUT2D eigenvalue weighted by Crippen LogP contribution is 2.46. The third kappa shape index (κ3) is 5.67. The van der Waals surface area contributed by atoms with Gasteiger partial charge in [0.15, 0.2) is 9.84 Å². The van der Waals surface area contributed by atoms with Gasteiger partial charge in [-0.2, -0.15) is 0 Å². The largest absolute Gasteiger partial charge is 0.489 e. The normalized spacial score (nSPS) is 16.7. The van der Waals surface area contributed by atoms with Crippen LogP contribution in [0.1, 0.15) is 58.8 Å². The lowest BCUT2D eigenvalue weighted by molar-refractivity contribution is 0.0702. The molecule has 3 heterocycles. The molecule has 2 fully saturated rings. The molecule has 42 heavy (non-hydrogen) atoms. The summed E-state index contributed by atoms with van der Waals surface area (Å²) in [6.07, 6.45) is 7.09. The summed E-state index contributed by atoms with van der Waals surface area (Å²) >= 11 is 1.38. The van der Waals surface area contributed by atoms with Crippen molar-refractivity contribution in [2.75, 3.05) is 37.5 Å². The van der Waals surface area contributed by atoms with Crippen LogP contribution >= 0.6 is 11.3 Å². The second kappa shape index (κ2) is 11.7. The molecule has 0 unspecified atom stereocenters. The number of fused-ring (bicyclic) bond motifs is 1. The number of aromatic nitrogens is 1. The van der Waals surface area contributed by atoms with Gasteiger partial charge in [-0.3, -0.25) is 0 Å². The maximum Gasteiger partial charge on any atom is 0.345 e. The molecule has 6 rings (SSSR count). The fourth-order valence-electron chi connectivity index (χ4n) is 6.35. The molecule has 0 amide bonds. The molecule has 1 N–H and O–H groups in total. The Balaban J connectivity index is 1.30. The van der Waals surface area contributed by atoms with E-state index in [4.69, 9.17) is 9.47 Å². The van der Waals surface area contributed by atoms with Crippen molar-refractivity contribution in [1.29, 1.82) is 0 Å². The first-order chi connectivity index (χ1) is 20.2. The van der Waals surface area contributed by atoms with Gasteiger partial charge in [0.25, 0.3) is 0 Å². The quantitative estimate of drug-likeness (QED) is 0.245. The van der Waals surface area contributed by atoms with Crippen molar-refractivity contribution in [2.45, 2.75) is 49.5 Å². The lowest BCUT2D eigenvalue weighted by atomic mass is 9.83. The number of morpholine rings is 1. The average molecular weight is 609 g/mol. The minimum Gasteiger partial charge on any atom is -0.489 e. The zero-order valence-electron chi connectivity index (χ0n) is 24.0. The number of thiophene rings is 1. The third-order valence-electron chi connectivity index (χ3n) is 8.49. The molecule has 0 spiro atoms. The molecule has 4 aromatic rings. The number of hydrogen-bond donors (Lipinski definition) is 1. The summed E-state index contributed by atoms with van der Waals surface area (Å²) in [5.74, 6) is 0.224. The van der Waals surface area contributed by atoms with E-state index in [1.807, 2.05) is 25.2 Å². The highest BCUT2D eigenvalue weighted by Gasteiger charge is 2.28. The van der Waals surface area contributed by atoms with E-state index in [2.05, 4.69) is 21.6 Å². The van der Waals surface area contributed by atoms with Crippen molar-refractivity contribution < 1.29 is 27.8 Å². The van der Waals surface area contributed by atoms with Crippen LogP contribution in [0.15, 0.2) is 53.4 Å². The number of aryl methyl sites for hydroxylation is 1. The first-order valence-electron chi connectivity index (χ1n) is 14.4. The number of aromatic carboxylic acids is 1. The van der Waals surface area contributed by atoms with Gasteiger partial charge in [0.2, 0.25) is 0 Å². The molecule has 0 radical (unpaired) electrons. The van der Waals surface area contributed by atoms with Crippen molar-refractivity contribution in [2.24, 2.45) is 7.05 Å². The van der Waals surface area contributed by atoms with E-state index in [0.717, 1.165) is 58.7 Å². The Labute approximate surface area is 250 Å². The average Bonchev–Trinajstić information content (AvgIpc) is 3.55. The number of carboxylic acid groups (broad SMARTS) is 1. The lowest BCUT2D eigenvalue weighted by Gasteiger charge is -2.30. The fraction of sp³-hybridized carbons (Fsp3) is 0.406. The summed E-state index contributed by atoms with van der Waals surface area (Å²) in [7, 11) is -1.33. The maximum atomic E-state index is 12.3. The molecular weight excluding hydrogens is 572 g/mol. The standard InChI is InChI=1S/C32H36N2O6S2/c1-33-27-19-28(32(35)36)41-31(27)29(21-6-4-3-5-7-21)30(33)22-8-10-24(11-9-22)40-20-23-18-25(42(2,37)38)12-13-26(23)34-14-16-39-17-15-34/h8-13,18-19,21H,3-7,14-17,20H2,1-2H3,(H,35,36). The molecule has 1 saturated carbocycles. The zero-order chi connectivity index (χ0) is 29.4. The van der Waals surface area contributed by atoms with Crippen LogP contribution in [0, 0.1) is 0 Å². The Kier molecular flexibility index (Phi) is 8.04. The molecule has 1 saturated heterocycles. The number of carbonyl (C=O) groups is 1. The van der Waals surface area contributed by atoms with Crippen LogP contribution in [0.3, 0.4) is 0 Å². The van der Waals surface area contributed by atoms with Crippen LogP contribution in [-0.2, 0) is 28.2 Å². The number of anilines is 1. The van der Waals surface area contributed by atoms with E-state index in [1.54, 1.807) is 18.2 Å². The summed E-state index contributed by atoms with van der Waals surface area (Å²) in [5.41, 5.74) is 6.23. The van der Waals surface area contributed by atoms with Crippen LogP contribution in [0.25, 0.3) is 21.5 Å². The minimum absolute atomic E-state index is 0.237. The molecule has 0 atom stereocenters. The second-order valence-electron chi connectivity index (χ2n) is 11.3. The van der Waals surface area contributed by atoms with Gasteiger partial charge in [0.05, 0.1) is 34.0 Å². The first-order valence-corrected chi connectivity index (χ1v) is 17.2. The summed E-state index contributed by atoms with van der Waals surface area (Å²) in [4.78, 5) is 14.6.